The van der Waals surface area contributed by atoms with Crippen LogP contribution >= 0.6 is 7.82 Å². The van der Waals surface area contributed by atoms with Gasteiger partial charge in [0.15, 0.2) is 5.76 Å². The SMILES string of the molecule is Nc1c(-c2cc(Cc3ccc(CCC4CCCCC4)cc3)no2)ccc[n+]1COP(=O)(O)O. The highest BCUT2D eigenvalue weighted by atomic mass is 31.2. The Morgan fingerprint density at radius 3 is 2.58 bits per heavy atom. The maximum Gasteiger partial charge on any atom is 0.472 e. The second kappa shape index (κ2) is 10.6. The normalized spacial score (nSPS) is 15.1. The van der Waals surface area contributed by atoms with E-state index in [-0.39, 0.29) is 12.5 Å². The molecule has 1 fully saturated rings. The Bertz CT molecular complexity index is 1100. The number of hydrogen-bond donors (Lipinski definition) is 3. The number of pyridine rings is 1. The summed E-state index contributed by atoms with van der Waals surface area (Å²) >= 11 is 0. The number of anilines is 1. The third kappa shape index (κ3) is 6.74. The molecular weight excluding hydrogens is 441 g/mol. The van der Waals surface area contributed by atoms with Crippen LogP contribution in [0.1, 0.15) is 55.3 Å². The maximum absolute atomic E-state index is 11.0. The highest BCUT2D eigenvalue weighted by Crippen LogP contribution is 2.35. The van der Waals surface area contributed by atoms with E-state index in [2.05, 4.69) is 33.9 Å². The zero-order chi connectivity index (χ0) is 23.3. The molecule has 0 aliphatic heterocycles. The number of rotatable bonds is 9. The van der Waals surface area contributed by atoms with Crippen molar-refractivity contribution in [1.29, 1.82) is 0 Å². The molecule has 9 heteroatoms. The Labute approximate surface area is 193 Å². The molecule has 33 heavy (non-hydrogen) atoms. The first-order valence-corrected chi connectivity index (χ1v) is 12.9. The van der Waals surface area contributed by atoms with Gasteiger partial charge in [0, 0.05) is 12.5 Å². The number of nitrogens with zero attached hydrogens (tertiary/aromatic N) is 2. The van der Waals surface area contributed by atoms with Crippen LogP contribution in [0.25, 0.3) is 11.3 Å². The molecule has 0 radical (unpaired) electrons. The van der Waals surface area contributed by atoms with Crippen LogP contribution in [0.3, 0.4) is 0 Å². The number of phosphoric acid groups is 1. The lowest BCUT2D eigenvalue weighted by Gasteiger charge is -2.21. The standard InChI is InChI=1S/C24H30N3O5P/c25-24-22(7-4-14-27(24)17-31-33(28,29)30)23-16-21(26-32-23)15-20-12-10-19(11-13-20)9-8-18-5-2-1-3-6-18/h4,7,10-14,16,18,25H,1-3,5-6,8-9,15,17H2,(H2,28,29,30)/p+1. The van der Waals surface area contributed by atoms with E-state index < -0.39 is 7.82 Å². The largest absolute Gasteiger partial charge is 0.472 e. The van der Waals surface area contributed by atoms with Crippen molar-refractivity contribution >= 4 is 13.6 Å². The molecule has 2 heterocycles. The highest BCUT2D eigenvalue weighted by Gasteiger charge is 2.21. The Morgan fingerprint density at radius 1 is 1.12 bits per heavy atom. The molecule has 3 aromatic rings. The summed E-state index contributed by atoms with van der Waals surface area (Å²) in [4.78, 5) is 17.8. The molecule has 1 saturated carbocycles. The van der Waals surface area contributed by atoms with Gasteiger partial charge in [-0.2, -0.15) is 0 Å². The predicted molar refractivity (Wildman–Crippen MR) is 124 cm³/mol. The number of hydrogen-bond acceptors (Lipinski definition) is 5. The van der Waals surface area contributed by atoms with Crippen molar-refractivity contribution in [3.8, 4) is 11.3 Å². The first kappa shape index (κ1) is 23.6. The highest BCUT2D eigenvalue weighted by molar-refractivity contribution is 7.46. The summed E-state index contributed by atoms with van der Waals surface area (Å²) in [6, 6.07) is 14.0. The number of phosphoric ester groups is 1. The summed E-state index contributed by atoms with van der Waals surface area (Å²) in [5.74, 6) is 1.63. The van der Waals surface area contributed by atoms with Crippen LogP contribution in [0.15, 0.2) is 53.2 Å². The van der Waals surface area contributed by atoms with Gasteiger partial charge >= 0.3 is 7.82 Å². The van der Waals surface area contributed by atoms with Crippen molar-refractivity contribution in [2.75, 3.05) is 5.73 Å². The molecule has 0 unspecified atom stereocenters. The maximum atomic E-state index is 11.0. The minimum atomic E-state index is -4.60. The van der Waals surface area contributed by atoms with Crippen molar-refractivity contribution in [3.63, 3.8) is 0 Å². The van der Waals surface area contributed by atoms with E-state index in [1.807, 2.05) is 6.07 Å². The number of aromatic nitrogens is 2. The van der Waals surface area contributed by atoms with Crippen LogP contribution in [-0.4, -0.2) is 14.9 Å². The Balaban J connectivity index is 1.37. The number of nitrogen functional groups attached to an aromatic ring is 1. The minimum absolute atomic E-state index is 0.260. The molecule has 176 valence electrons. The number of aryl methyl sites for hydroxylation is 1. The Hall–Kier alpha value is -2.51. The van der Waals surface area contributed by atoms with Crippen molar-refractivity contribution in [2.45, 2.75) is 58.1 Å². The van der Waals surface area contributed by atoms with Crippen LogP contribution in [0, 0.1) is 5.92 Å². The first-order valence-electron chi connectivity index (χ1n) is 11.4. The molecule has 1 aliphatic rings. The summed E-state index contributed by atoms with van der Waals surface area (Å²) in [5.41, 5.74) is 10.0. The van der Waals surface area contributed by atoms with Gasteiger partial charge in [-0.05, 0) is 42.0 Å². The van der Waals surface area contributed by atoms with E-state index in [4.69, 9.17) is 20.0 Å². The quantitative estimate of drug-likeness (QED) is 0.312. The van der Waals surface area contributed by atoms with E-state index in [0.717, 1.165) is 23.6 Å². The number of benzene rings is 1. The van der Waals surface area contributed by atoms with Crippen molar-refractivity contribution < 1.29 is 28.0 Å². The summed E-state index contributed by atoms with van der Waals surface area (Å²) in [6.07, 6.45) is 11.6. The second-order valence-electron chi connectivity index (χ2n) is 8.74. The molecule has 0 saturated heterocycles. The van der Waals surface area contributed by atoms with Gasteiger partial charge in [-0.1, -0.05) is 61.5 Å². The molecule has 0 atom stereocenters. The van der Waals surface area contributed by atoms with Gasteiger partial charge in [0.25, 0.3) is 5.82 Å². The van der Waals surface area contributed by atoms with Crippen LogP contribution < -0.4 is 10.3 Å². The third-order valence-corrected chi connectivity index (χ3v) is 6.73. The smallest absolute Gasteiger partial charge is 0.356 e. The van der Waals surface area contributed by atoms with Gasteiger partial charge in [0.2, 0.25) is 6.73 Å². The average Bonchev–Trinajstić information content (AvgIpc) is 3.26. The fourth-order valence-electron chi connectivity index (χ4n) is 4.42. The lowest BCUT2D eigenvalue weighted by atomic mass is 9.85. The van der Waals surface area contributed by atoms with E-state index in [1.54, 1.807) is 18.3 Å². The van der Waals surface area contributed by atoms with E-state index in [1.165, 1.54) is 48.7 Å². The Morgan fingerprint density at radius 2 is 1.85 bits per heavy atom. The third-order valence-electron chi connectivity index (χ3n) is 6.28. The van der Waals surface area contributed by atoms with E-state index in [0.29, 0.717) is 17.7 Å². The van der Waals surface area contributed by atoms with E-state index >= 15 is 0 Å². The van der Waals surface area contributed by atoms with Gasteiger partial charge in [-0.3, -0.25) is 5.73 Å². The van der Waals surface area contributed by atoms with Crippen LogP contribution in [0.5, 0.6) is 0 Å². The monoisotopic (exact) mass is 472 g/mol. The summed E-state index contributed by atoms with van der Waals surface area (Å²) in [5, 5.41) is 4.17. The second-order valence-corrected chi connectivity index (χ2v) is 9.98. The summed E-state index contributed by atoms with van der Waals surface area (Å²) < 4.78 is 22.4. The average molecular weight is 473 g/mol. The fourth-order valence-corrected chi connectivity index (χ4v) is 4.70. The molecule has 4 rings (SSSR count). The molecule has 2 aromatic heterocycles. The van der Waals surface area contributed by atoms with Gasteiger partial charge in [-0.15, -0.1) is 0 Å². The van der Waals surface area contributed by atoms with Gasteiger partial charge in [0.05, 0.1) is 11.9 Å². The number of nitrogens with two attached hydrogens (primary N) is 1. The van der Waals surface area contributed by atoms with Crippen molar-refractivity contribution in [1.82, 2.24) is 5.16 Å². The van der Waals surface area contributed by atoms with Crippen LogP contribution in [0.2, 0.25) is 0 Å². The van der Waals surface area contributed by atoms with Crippen LogP contribution in [0.4, 0.5) is 5.82 Å². The fraction of sp³-hybridized carbons (Fsp3) is 0.417. The van der Waals surface area contributed by atoms with Crippen molar-refractivity contribution in [2.24, 2.45) is 5.92 Å². The first-order chi connectivity index (χ1) is 15.9. The summed E-state index contributed by atoms with van der Waals surface area (Å²) in [7, 11) is -4.60. The lowest BCUT2D eigenvalue weighted by Crippen LogP contribution is -2.38. The van der Waals surface area contributed by atoms with Gasteiger partial charge < -0.3 is 14.3 Å². The minimum Gasteiger partial charge on any atom is -0.356 e. The molecular formula is C24H31N3O5P+. The zero-order valence-corrected chi connectivity index (χ0v) is 19.5. The predicted octanol–water partition coefficient (Wildman–Crippen LogP) is 4.38. The molecule has 4 N–H and O–H groups in total. The lowest BCUT2D eigenvalue weighted by molar-refractivity contribution is -0.711. The Kier molecular flexibility index (Phi) is 7.60. The van der Waals surface area contributed by atoms with Gasteiger partial charge in [0.1, 0.15) is 5.56 Å². The molecule has 0 amide bonds. The van der Waals surface area contributed by atoms with Gasteiger partial charge in [-0.25, -0.2) is 13.7 Å². The molecule has 1 aromatic carbocycles. The molecule has 8 nitrogen and oxygen atoms in total. The topological polar surface area (TPSA) is 123 Å². The van der Waals surface area contributed by atoms with Crippen LogP contribution in [-0.2, 0) is 28.7 Å². The molecule has 1 aliphatic carbocycles. The zero-order valence-electron chi connectivity index (χ0n) is 18.6. The molecule has 0 bridgehead atoms. The van der Waals surface area contributed by atoms with Crippen molar-refractivity contribution in [3.05, 3.63) is 65.5 Å². The van der Waals surface area contributed by atoms with E-state index in [9.17, 15) is 4.57 Å². The summed E-state index contributed by atoms with van der Waals surface area (Å²) in [6.45, 7) is -0.377. The molecule has 0 spiro atoms.